The van der Waals surface area contributed by atoms with E-state index in [0.717, 1.165) is 35.6 Å². The van der Waals surface area contributed by atoms with Crippen molar-refractivity contribution in [3.63, 3.8) is 0 Å². The molecule has 0 radical (unpaired) electrons. The molecule has 0 saturated heterocycles. The van der Waals surface area contributed by atoms with Crippen LogP contribution >= 0.6 is 45.3 Å². The van der Waals surface area contributed by atoms with E-state index in [0.29, 0.717) is 26.4 Å². The highest BCUT2D eigenvalue weighted by Gasteiger charge is 2.04. The first-order valence-electron chi connectivity index (χ1n) is 10.0. The molecule has 0 fully saturated rings. The second-order valence-corrected chi connectivity index (χ2v) is 10.5. The van der Waals surface area contributed by atoms with Crippen LogP contribution in [0, 0.1) is 14.7 Å². The Balaban J connectivity index is 1.39. The molecule has 3 nitrogen and oxygen atoms in total. The summed E-state index contributed by atoms with van der Waals surface area (Å²) in [5, 5.41) is 0. The van der Waals surface area contributed by atoms with Gasteiger partial charge in [-0.15, -0.1) is 22.7 Å². The van der Waals surface area contributed by atoms with E-state index in [1.165, 1.54) is 12.6 Å². The topological polar surface area (TPSA) is 27.7 Å². The van der Waals surface area contributed by atoms with Crippen molar-refractivity contribution in [3.05, 3.63) is 61.9 Å². The first kappa shape index (κ1) is 23.3. The van der Waals surface area contributed by atoms with Crippen molar-refractivity contribution in [3.8, 4) is 27.3 Å². The maximum absolute atomic E-state index is 5.71. The van der Waals surface area contributed by atoms with Gasteiger partial charge in [0.1, 0.15) is 12.4 Å². The van der Waals surface area contributed by atoms with Gasteiger partial charge in [0.05, 0.1) is 27.6 Å². The predicted molar refractivity (Wildman–Crippen MR) is 135 cm³/mol. The van der Waals surface area contributed by atoms with Gasteiger partial charge in [0.2, 0.25) is 0 Å². The quantitative estimate of drug-likeness (QED) is 0.151. The molecule has 2 aromatic heterocycles. The monoisotopic (exact) mass is 552 g/mol. The summed E-state index contributed by atoms with van der Waals surface area (Å²) in [5.41, 5.74) is 0.975. The van der Waals surface area contributed by atoms with Gasteiger partial charge in [0, 0.05) is 21.9 Å². The van der Waals surface area contributed by atoms with Gasteiger partial charge in [-0.25, -0.2) is 0 Å². The van der Waals surface area contributed by atoms with Crippen LogP contribution in [-0.2, 0) is 9.47 Å². The van der Waals surface area contributed by atoms with Gasteiger partial charge in [-0.2, -0.15) is 0 Å². The highest BCUT2D eigenvalue weighted by atomic mass is 127. The fourth-order valence-electron chi connectivity index (χ4n) is 2.54. The van der Waals surface area contributed by atoms with Crippen LogP contribution < -0.4 is 4.74 Å². The predicted octanol–water partition coefficient (Wildman–Crippen LogP) is 6.69. The standard InChI is InChI=1S/C24H25IO3S2/c1-2-3-14-26-15-16-27-17-18-28-20-7-4-19(5-8-20)6-9-21-10-11-22(29-21)23-12-13-24(25)30-23/h4-5,7-8,10-13H,2-3,14-18H2,1H3. The summed E-state index contributed by atoms with van der Waals surface area (Å²) in [6.07, 6.45) is 2.26. The van der Waals surface area contributed by atoms with Crippen molar-refractivity contribution in [2.24, 2.45) is 0 Å². The minimum atomic E-state index is 0.527. The van der Waals surface area contributed by atoms with Crippen LogP contribution in [0.1, 0.15) is 30.2 Å². The molecule has 3 rings (SSSR count). The van der Waals surface area contributed by atoms with Gasteiger partial charge in [-0.1, -0.05) is 25.2 Å². The number of unbranched alkanes of at least 4 members (excludes halogenated alkanes) is 1. The van der Waals surface area contributed by atoms with E-state index in [2.05, 4.69) is 65.6 Å². The lowest BCUT2D eigenvalue weighted by Gasteiger charge is -2.07. The number of halogens is 1. The Morgan fingerprint density at radius 2 is 1.47 bits per heavy atom. The molecule has 0 N–H and O–H groups in total. The van der Waals surface area contributed by atoms with Crippen molar-refractivity contribution < 1.29 is 14.2 Å². The smallest absolute Gasteiger partial charge is 0.119 e. The molecule has 0 spiro atoms. The first-order chi connectivity index (χ1) is 14.7. The van der Waals surface area contributed by atoms with E-state index in [-0.39, 0.29) is 0 Å². The van der Waals surface area contributed by atoms with Gasteiger partial charge in [-0.05, 0) is 77.5 Å². The Labute approximate surface area is 200 Å². The molecular weight excluding hydrogens is 527 g/mol. The summed E-state index contributed by atoms with van der Waals surface area (Å²) < 4.78 is 18.0. The van der Waals surface area contributed by atoms with E-state index in [4.69, 9.17) is 14.2 Å². The molecule has 6 heteroatoms. The number of hydrogen-bond donors (Lipinski definition) is 0. The van der Waals surface area contributed by atoms with Gasteiger partial charge in [0.25, 0.3) is 0 Å². The van der Waals surface area contributed by atoms with Crippen molar-refractivity contribution in [1.82, 2.24) is 0 Å². The van der Waals surface area contributed by atoms with E-state index in [1.807, 2.05) is 24.3 Å². The normalized spacial score (nSPS) is 10.6. The Morgan fingerprint density at radius 3 is 2.20 bits per heavy atom. The number of rotatable bonds is 11. The fourth-order valence-corrected chi connectivity index (χ4v) is 5.11. The molecule has 158 valence electrons. The Morgan fingerprint density at radius 1 is 0.767 bits per heavy atom. The third kappa shape index (κ3) is 8.05. The summed E-state index contributed by atoms with van der Waals surface area (Å²) in [6.45, 7) is 5.31. The molecule has 0 amide bonds. The average molecular weight is 552 g/mol. The summed E-state index contributed by atoms with van der Waals surface area (Å²) in [5.74, 6) is 7.32. The molecular formula is C24H25IO3S2. The molecule has 0 aliphatic carbocycles. The number of thiophene rings is 2. The zero-order valence-corrected chi connectivity index (χ0v) is 20.8. The average Bonchev–Trinajstić information content (AvgIpc) is 3.41. The van der Waals surface area contributed by atoms with Gasteiger partial charge >= 0.3 is 0 Å². The van der Waals surface area contributed by atoms with E-state index in [1.54, 1.807) is 22.7 Å². The number of ether oxygens (including phenoxy) is 3. The van der Waals surface area contributed by atoms with Crippen LogP contribution in [0.3, 0.4) is 0 Å². The van der Waals surface area contributed by atoms with Crippen molar-refractivity contribution >= 4 is 45.3 Å². The third-order valence-electron chi connectivity index (χ3n) is 4.12. The molecule has 3 aromatic rings. The summed E-state index contributed by atoms with van der Waals surface area (Å²) in [7, 11) is 0. The third-order valence-corrected chi connectivity index (χ3v) is 7.21. The minimum Gasteiger partial charge on any atom is -0.491 e. The van der Waals surface area contributed by atoms with Crippen LogP contribution in [0.15, 0.2) is 48.5 Å². The molecule has 1 aromatic carbocycles. The Kier molecular flexibility index (Phi) is 10.2. The summed E-state index contributed by atoms with van der Waals surface area (Å²) >= 11 is 5.89. The van der Waals surface area contributed by atoms with Gasteiger partial charge in [0.15, 0.2) is 0 Å². The molecule has 0 unspecified atom stereocenters. The molecule has 0 atom stereocenters. The van der Waals surface area contributed by atoms with Crippen LogP contribution in [0.4, 0.5) is 0 Å². The molecule has 0 aliphatic rings. The lowest BCUT2D eigenvalue weighted by atomic mass is 10.2. The van der Waals surface area contributed by atoms with Crippen molar-refractivity contribution in [2.75, 3.05) is 33.0 Å². The van der Waals surface area contributed by atoms with Gasteiger partial charge in [-0.3, -0.25) is 0 Å². The SMILES string of the molecule is CCCCOCCOCCOc1ccc(C#Cc2ccc(-c3ccc(I)s3)s2)cc1. The molecule has 0 saturated carbocycles. The van der Waals surface area contributed by atoms with Crippen LogP contribution in [0.2, 0.25) is 0 Å². The van der Waals surface area contributed by atoms with Crippen LogP contribution in [0.5, 0.6) is 5.75 Å². The summed E-state index contributed by atoms with van der Waals surface area (Å²) in [4.78, 5) is 3.64. The number of hydrogen-bond acceptors (Lipinski definition) is 5. The zero-order valence-electron chi connectivity index (χ0n) is 17.0. The largest absolute Gasteiger partial charge is 0.491 e. The second kappa shape index (κ2) is 13.1. The highest BCUT2D eigenvalue weighted by Crippen LogP contribution is 2.33. The molecule has 0 aliphatic heterocycles. The van der Waals surface area contributed by atoms with Crippen LogP contribution in [-0.4, -0.2) is 33.0 Å². The Bertz CT molecular complexity index is 951. The Hall–Kier alpha value is -1.37. The maximum atomic E-state index is 5.71. The summed E-state index contributed by atoms with van der Waals surface area (Å²) in [6, 6.07) is 16.4. The lowest BCUT2D eigenvalue weighted by molar-refractivity contribution is 0.0356. The van der Waals surface area contributed by atoms with Crippen molar-refractivity contribution in [1.29, 1.82) is 0 Å². The lowest BCUT2D eigenvalue weighted by Crippen LogP contribution is -2.11. The number of benzene rings is 1. The first-order valence-corrected chi connectivity index (χ1v) is 12.7. The van der Waals surface area contributed by atoms with Crippen LogP contribution in [0.25, 0.3) is 9.75 Å². The zero-order chi connectivity index (χ0) is 21.0. The maximum Gasteiger partial charge on any atom is 0.119 e. The van der Waals surface area contributed by atoms with E-state index in [9.17, 15) is 0 Å². The molecule has 30 heavy (non-hydrogen) atoms. The van der Waals surface area contributed by atoms with E-state index >= 15 is 0 Å². The molecule has 2 heterocycles. The molecule has 0 bridgehead atoms. The van der Waals surface area contributed by atoms with Crippen molar-refractivity contribution in [2.45, 2.75) is 19.8 Å². The van der Waals surface area contributed by atoms with E-state index < -0.39 is 0 Å². The minimum absolute atomic E-state index is 0.527. The second-order valence-electron chi connectivity index (χ2n) is 6.47. The fraction of sp³-hybridized carbons (Fsp3) is 0.333. The highest BCUT2D eigenvalue weighted by molar-refractivity contribution is 14.1. The van der Waals surface area contributed by atoms with Gasteiger partial charge < -0.3 is 14.2 Å².